The highest BCUT2D eigenvalue weighted by atomic mass is 32.1. The van der Waals surface area contributed by atoms with Gasteiger partial charge in [0.1, 0.15) is 18.0 Å². The lowest BCUT2D eigenvalue weighted by Gasteiger charge is -2.24. The van der Waals surface area contributed by atoms with Crippen LogP contribution < -0.4 is 10.6 Å². The fourth-order valence-electron chi connectivity index (χ4n) is 3.01. The van der Waals surface area contributed by atoms with Crippen molar-refractivity contribution in [3.63, 3.8) is 0 Å². The van der Waals surface area contributed by atoms with Crippen molar-refractivity contribution >= 4 is 17.3 Å². The molecule has 7 heteroatoms. The summed E-state index contributed by atoms with van der Waals surface area (Å²) in [6, 6.07) is 12.4. The Labute approximate surface area is 176 Å². The van der Waals surface area contributed by atoms with Gasteiger partial charge in [0.25, 0.3) is 0 Å². The lowest BCUT2D eigenvalue weighted by atomic mass is 9.99. The highest BCUT2D eigenvalue weighted by molar-refractivity contribution is 7.08. The molecule has 29 heavy (non-hydrogen) atoms. The standard InChI is InChI=1S/C22H29N5OS/c1-3-23-21(26-17-22(2,28)19-10-14-29-16-19)25-15-20-24-11-13-27(20)12-9-18-7-5-4-6-8-18/h4-8,10-11,13-14,16,28H,3,9,12,15,17H2,1-2H3,(H2,23,25,26). The summed E-state index contributed by atoms with van der Waals surface area (Å²) in [4.78, 5) is 9.12. The Morgan fingerprint density at radius 1 is 1.24 bits per heavy atom. The second-order valence-electron chi connectivity index (χ2n) is 7.11. The maximum Gasteiger partial charge on any atom is 0.191 e. The Hall–Kier alpha value is -2.64. The van der Waals surface area contributed by atoms with Gasteiger partial charge in [-0.1, -0.05) is 30.3 Å². The van der Waals surface area contributed by atoms with Crippen molar-refractivity contribution < 1.29 is 5.11 Å². The fourth-order valence-corrected chi connectivity index (χ4v) is 3.79. The van der Waals surface area contributed by atoms with Crippen LogP contribution in [0.3, 0.4) is 0 Å². The molecular formula is C22H29N5OS. The third-order valence-electron chi connectivity index (χ3n) is 4.75. The minimum Gasteiger partial charge on any atom is -0.384 e. The Balaban J connectivity index is 1.59. The molecular weight excluding hydrogens is 382 g/mol. The Bertz CT molecular complexity index is 887. The summed E-state index contributed by atoms with van der Waals surface area (Å²) in [6.07, 6.45) is 4.77. The van der Waals surface area contributed by atoms with E-state index in [9.17, 15) is 5.11 Å². The first-order valence-corrected chi connectivity index (χ1v) is 10.8. The second kappa shape index (κ2) is 10.2. The number of nitrogens with one attached hydrogen (secondary N) is 2. The summed E-state index contributed by atoms with van der Waals surface area (Å²) in [6.45, 7) is 6.28. The summed E-state index contributed by atoms with van der Waals surface area (Å²) in [5.74, 6) is 1.59. The molecule has 154 valence electrons. The van der Waals surface area contributed by atoms with E-state index in [4.69, 9.17) is 0 Å². The predicted molar refractivity (Wildman–Crippen MR) is 119 cm³/mol. The van der Waals surface area contributed by atoms with Crippen LogP contribution in [-0.2, 0) is 25.1 Å². The third-order valence-corrected chi connectivity index (χ3v) is 5.44. The van der Waals surface area contributed by atoms with Crippen LogP contribution in [0.25, 0.3) is 0 Å². The molecule has 1 unspecified atom stereocenters. The molecule has 3 N–H and O–H groups in total. The monoisotopic (exact) mass is 411 g/mol. The van der Waals surface area contributed by atoms with Crippen molar-refractivity contribution in [3.8, 4) is 0 Å². The summed E-state index contributed by atoms with van der Waals surface area (Å²) in [5.41, 5.74) is 1.26. The van der Waals surface area contributed by atoms with E-state index in [0.29, 0.717) is 19.0 Å². The Kier molecular flexibility index (Phi) is 7.43. The number of hydrogen-bond donors (Lipinski definition) is 3. The van der Waals surface area contributed by atoms with Crippen LogP contribution in [-0.4, -0.2) is 33.7 Å². The summed E-state index contributed by atoms with van der Waals surface area (Å²) in [7, 11) is 0. The first-order valence-electron chi connectivity index (χ1n) is 9.89. The summed E-state index contributed by atoms with van der Waals surface area (Å²) >= 11 is 1.58. The highest BCUT2D eigenvalue weighted by Crippen LogP contribution is 2.21. The molecule has 3 aromatic rings. The molecule has 0 amide bonds. The molecule has 0 bridgehead atoms. The van der Waals surface area contributed by atoms with Gasteiger partial charge in [0.15, 0.2) is 5.96 Å². The number of thiophene rings is 1. The van der Waals surface area contributed by atoms with E-state index in [2.05, 4.69) is 49.4 Å². The Morgan fingerprint density at radius 2 is 2.07 bits per heavy atom. The maximum absolute atomic E-state index is 10.7. The molecule has 3 rings (SSSR count). The molecule has 0 saturated heterocycles. The number of aromatic nitrogens is 2. The number of aryl methyl sites for hydroxylation is 2. The van der Waals surface area contributed by atoms with Crippen LogP contribution in [0.4, 0.5) is 0 Å². The minimum absolute atomic E-state index is 0.373. The second-order valence-corrected chi connectivity index (χ2v) is 7.89. The zero-order chi connectivity index (χ0) is 20.5. The average molecular weight is 412 g/mol. The quantitative estimate of drug-likeness (QED) is 0.374. The maximum atomic E-state index is 10.7. The van der Waals surface area contributed by atoms with Crippen LogP contribution in [0.1, 0.15) is 30.8 Å². The number of nitrogens with zero attached hydrogens (tertiary/aromatic N) is 3. The van der Waals surface area contributed by atoms with Gasteiger partial charge in [-0.05, 0) is 48.2 Å². The average Bonchev–Trinajstić information content (AvgIpc) is 3.42. The number of hydrogen-bond acceptors (Lipinski definition) is 4. The lowest BCUT2D eigenvalue weighted by Crippen LogP contribution is -2.44. The van der Waals surface area contributed by atoms with Gasteiger partial charge < -0.3 is 20.3 Å². The normalized spacial score (nSPS) is 13.8. The lowest BCUT2D eigenvalue weighted by molar-refractivity contribution is 0.0621. The van der Waals surface area contributed by atoms with Crippen molar-refractivity contribution in [2.75, 3.05) is 13.1 Å². The molecule has 1 aromatic carbocycles. The Morgan fingerprint density at radius 3 is 2.79 bits per heavy atom. The van der Waals surface area contributed by atoms with Gasteiger partial charge in [0, 0.05) is 25.5 Å². The van der Waals surface area contributed by atoms with Gasteiger partial charge in [-0.2, -0.15) is 11.3 Å². The third kappa shape index (κ3) is 6.17. The smallest absolute Gasteiger partial charge is 0.191 e. The SMILES string of the molecule is CCNC(=NCc1nccn1CCc1ccccc1)NCC(C)(O)c1ccsc1. The van der Waals surface area contributed by atoms with Crippen molar-refractivity contribution in [2.45, 2.75) is 39.0 Å². The van der Waals surface area contributed by atoms with Crippen molar-refractivity contribution in [3.05, 3.63) is 76.5 Å². The van der Waals surface area contributed by atoms with Crippen molar-refractivity contribution in [1.82, 2.24) is 20.2 Å². The van der Waals surface area contributed by atoms with E-state index in [1.165, 1.54) is 5.56 Å². The van der Waals surface area contributed by atoms with Gasteiger partial charge >= 0.3 is 0 Å². The molecule has 0 aliphatic rings. The summed E-state index contributed by atoms with van der Waals surface area (Å²) in [5, 5.41) is 21.1. The molecule has 2 aromatic heterocycles. The van der Waals surface area contributed by atoms with Gasteiger partial charge in [0.05, 0.1) is 6.54 Å². The number of guanidine groups is 1. The number of imidazole rings is 1. The van der Waals surface area contributed by atoms with Gasteiger partial charge in [-0.15, -0.1) is 0 Å². The predicted octanol–water partition coefficient (Wildman–Crippen LogP) is 3.15. The zero-order valence-electron chi connectivity index (χ0n) is 17.0. The van der Waals surface area contributed by atoms with E-state index < -0.39 is 5.60 Å². The number of benzene rings is 1. The zero-order valence-corrected chi connectivity index (χ0v) is 17.8. The molecule has 1 atom stereocenters. The van der Waals surface area contributed by atoms with Crippen LogP contribution in [0.5, 0.6) is 0 Å². The summed E-state index contributed by atoms with van der Waals surface area (Å²) < 4.78 is 2.14. The number of aliphatic hydroxyl groups is 1. The highest BCUT2D eigenvalue weighted by Gasteiger charge is 2.23. The van der Waals surface area contributed by atoms with E-state index >= 15 is 0 Å². The van der Waals surface area contributed by atoms with Crippen molar-refractivity contribution in [1.29, 1.82) is 0 Å². The minimum atomic E-state index is -0.954. The van der Waals surface area contributed by atoms with E-state index in [1.807, 2.05) is 49.1 Å². The molecule has 0 fully saturated rings. The first kappa shape index (κ1) is 21.1. The topological polar surface area (TPSA) is 74.5 Å². The van der Waals surface area contributed by atoms with Crippen molar-refractivity contribution in [2.24, 2.45) is 4.99 Å². The number of rotatable bonds is 9. The van der Waals surface area contributed by atoms with Crippen LogP contribution >= 0.6 is 11.3 Å². The van der Waals surface area contributed by atoms with Crippen LogP contribution in [0.15, 0.2) is 64.5 Å². The first-order chi connectivity index (χ1) is 14.1. The van der Waals surface area contributed by atoms with E-state index in [-0.39, 0.29) is 0 Å². The molecule has 0 aliphatic carbocycles. The largest absolute Gasteiger partial charge is 0.384 e. The molecule has 0 radical (unpaired) electrons. The molecule has 0 aliphatic heterocycles. The molecule has 2 heterocycles. The van der Waals surface area contributed by atoms with Crippen LogP contribution in [0, 0.1) is 0 Å². The molecule has 0 saturated carbocycles. The molecule has 6 nitrogen and oxygen atoms in total. The number of aliphatic imine (C=N–C) groups is 1. The van der Waals surface area contributed by atoms with Gasteiger partial charge in [0.2, 0.25) is 0 Å². The van der Waals surface area contributed by atoms with Gasteiger partial charge in [-0.25, -0.2) is 9.98 Å². The molecule has 0 spiro atoms. The van der Waals surface area contributed by atoms with E-state index in [0.717, 1.165) is 30.9 Å². The fraction of sp³-hybridized carbons (Fsp3) is 0.364. The van der Waals surface area contributed by atoms with E-state index in [1.54, 1.807) is 11.3 Å². The van der Waals surface area contributed by atoms with Gasteiger partial charge in [-0.3, -0.25) is 0 Å². The van der Waals surface area contributed by atoms with Crippen LogP contribution in [0.2, 0.25) is 0 Å².